The fraction of sp³-hybridized carbons (Fsp3) is 0.222. The second kappa shape index (κ2) is 13.8. The number of benzene rings is 2. The Bertz CT molecular complexity index is 1320. The molecule has 3 aromatic rings. The highest BCUT2D eigenvalue weighted by Crippen LogP contribution is 2.45. The molecule has 39 heavy (non-hydrogen) atoms. The molecule has 4 rings (SSSR count). The molecule has 1 unspecified atom stereocenters. The van der Waals surface area contributed by atoms with E-state index in [0.29, 0.717) is 16.3 Å². The second-order valence-electron chi connectivity index (χ2n) is 8.70. The number of nitrogens with zero attached hydrogens (tertiary/aromatic N) is 3. The van der Waals surface area contributed by atoms with Crippen LogP contribution in [0.2, 0.25) is 5.02 Å². The van der Waals surface area contributed by atoms with Gasteiger partial charge in [-0.3, -0.25) is 14.7 Å². The predicted molar refractivity (Wildman–Crippen MR) is 159 cm³/mol. The number of carbonyl (C=O) groups excluding carboxylic acids is 2. The highest BCUT2D eigenvalue weighted by Gasteiger charge is 2.46. The molecule has 1 aliphatic heterocycles. The standard InChI is InChI=1S/C27H27Cl2N5O3.2ClH/c1-27(29)25(37-17-18-8-4-3-5-9-18)24(30)21-14-19(28)11-12-22(21)34(27)23(35)15-32-26(36)33(2)16-20-10-6-7-13-31-20;;/h3-14H,15-17,30H2,1-2H3,(H,32,36);2*1H. The molecule has 1 aliphatic rings. The van der Waals surface area contributed by atoms with Crippen molar-refractivity contribution in [1.29, 1.82) is 0 Å². The van der Waals surface area contributed by atoms with Crippen LogP contribution in [0.15, 0.2) is 78.7 Å². The van der Waals surface area contributed by atoms with Gasteiger partial charge >= 0.3 is 6.03 Å². The summed E-state index contributed by atoms with van der Waals surface area (Å²) in [5, 5.41) is 3.10. The molecule has 8 nitrogen and oxygen atoms in total. The lowest BCUT2D eigenvalue weighted by atomic mass is 9.98. The largest absolute Gasteiger partial charge is 0.487 e. The molecule has 0 saturated heterocycles. The first kappa shape index (κ1) is 32.0. The minimum absolute atomic E-state index is 0. The summed E-state index contributed by atoms with van der Waals surface area (Å²) >= 11 is 13.2. The number of rotatable bonds is 7. The van der Waals surface area contributed by atoms with Gasteiger partial charge in [-0.2, -0.15) is 0 Å². The van der Waals surface area contributed by atoms with Gasteiger partial charge in [0.1, 0.15) is 6.61 Å². The minimum atomic E-state index is -1.46. The van der Waals surface area contributed by atoms with Crippen LogP contribution in [0.4, 0.5) is 10.5 Å². The topological polar surface area (TPSA) is 101 Å². The third-order valence-corrected chi connectivity index (χ3v) is 6.48. The second-order valence-corrected chi connectivity index (χ2v) is 9.87. The molecule has 0 fully saturated rings. The molecule has 0 bridgehead atoms. The highest BCUT2D eigenvalue weighted by molar-refractivity contribution is 6.32. The van der Waals surface area contributed by atoms with Crippen LogP contribution in [-0.2, 0) is 22.7 Å². The van der Waals surface area contributed by atoms with Crippen LogP contribution in [0.5, 0.6) is 0 Å². The number of amides is 3. The third-order valence-electron chi connectivity index (χ3n) is 5.91. The Morgan fingerprint density at radius 1 is 1.10 bits per heavy atom. The lowest BCUT2D eigenvalue weighted by Gasteiger charge is -2.42. The van der Waals surface area contributed by atoms with Crippen molar-refractivity contribution < 1.29 is 14.3 Å². The van der Waals surface area contributed by atoms with Crippen LogP contribution in [0.25, 0.3) is 5.70 Å². The number of fused-ring (bicyclic) bond motifs is 1. The number of alkyl halides is 1. The number of hydrogen-bond donors (Lipinski definition) is 2. The maximum Gasteiger partial charge on any atom is 0.317 e. The first-order valence-electron chi connectivity index (χ1n) is 11.6. The van der Waals surface area contributed by atoms with Crippen molar-refractivity contribution in [3.63, 3.8) is 0 Å². The van der Waals surface area contributed by atoms with Gasteiger partial charge in [0.2, 0.25) is 5.91 Å². The van der Waals surface area contributed by atoms with Crippen LogP contribution in [-0.4, -0.2) is 40.4 Å². The van der Waals surface area contributed by atoms with Gasteiger partial charge in [-0.15, -0.1) is 24.8 Å². The van der Waals surface area contributed by atoms with Crippen molar-refractivity contribution in [3.8, 4) is 0 Å². The minimum Gasteiger partial charge on any atom is -0.487 e. The average molecular weight is 613 g/mol. The molecular weight excluding hydrogens is 584 g/mol. The van der Waals surface area contributed by atoms with Crippen LogP contribution >= 0.6 is 48.0 Å². The maximum absolute atomic E-state index is 13.5. The predicted octanol–water partition coefficient (Wildman–Crippen LogP) is 5.57. The summed E-state index contributed by atoms with van der Waals surface area (Å²) in [4.78, 5) is 31.8. The number of halogens is 4. The molecule has 3 amide bonds. The van der Waals surface area contributed by atoms with Crippen LogP contribution in [0.1, 0.15) is 23.7 Å². The molecular formula is C27H29Cl4N5O3. The van der Waals surface area contributed by atoms with Crippen LogP contribution in [0, 0.1) is 0 Å². The van der Waals surface area contributed by atoms with Crippen molar-refractivity contribution in [1.82, 2.24) is 15.2 Å². The molecule has 2 heterocycles. The van der Waals surface area contributed by atoms with E-state index in [2.05, 4.69) is 10.3 Å². The van der Waals surface area contributed by atoms with Crippen molar-refractivity contribution in [2.24, 2.45) is 5.73 Å². The highest BCUT2D eigenvalue weighted by atomic mass is 35.5. The van der Waals surface area contributed by atoms with E-state index in [4.69, 9.17) is 33.7 Å². The average Bonchev–Trinajstić information content (AvgIpc) is 2.88. The van der Waals surface area contributed by atoms with Crippen molar-refractivity contribution >= 4 is 71.3 Å². The number of nitrogens with one attached hydrogen (secondary N) is 1. The number of aromatic nitrogens is 1. The van der Waals surface area contributed by atoms with Crippen LogP contribution in [0.3, 0.4) is 0 Å². The van der Waals surface area contributed by atoms with Gasteiger partial charge in [-0.1, -0.05) is 59.6 Å². The fourth-order valence-electron chi connectivity index (χ4n) is 4.09. The quantitative estimate of drug-likeness (QED) is 0.268. The number of hydrogen-bond acceptors (Lipinski definition) is 5. The van der Waals surface area contributed by atoms with E-state index >= 15 is 0 Å². The summed E-state index contributed by atoms with van der Waals surface area (Å²) in [5.41, 5.74) is 9.39. The van der Waals surface area contributed by atoms with Crippen LogP contribution < -0.4 is 16.0 Å². The first-order valence-corrected chi connectivity index (χ1v) is 12.3. The van der Waals surface area contributed by atoms with Gasteiger partial charge in [0, 0.05) is 23.8 Å². The summed E-state index contributed by atoms with van der Waals surface area (Å²) in [6.45, 7) is 1.82. The number of nitrogens with two attached hydrogens (primary N) is 1. The van der Waals surface area contributed by atoms with Gasteiger partial charge < -0.3 is 20.7 Å². The zero-order valence-electron chi connectivity index (χ0n) is 21.3. The van der Waals surface area contributed by atoms with Crippen molar-refractivity contribution in [3.05, 3.63) is 101 Å². The number of urea groups is 1. The van der Waals surface area contributed by atoms with Gasteiger partial charge in [0.25, 0.3) is 0 Å². The third kappa shape index (κ3) is 7.28. The molecule has 0 spiro atoms. The summed E-state index contributed by atoms with van der Waals surface area (Å²) < 4.78 is 6.09. The molecule has 2 aromatic carbocycles. The Labute approximate surface area is 249 Å². The summed E-state index contributed by atoms with van der Waals surface area (Å²) in [6.07, 6.45) is 1.66. The van der Waals surface area contributed by atoms with E-state index in [1.807, 2.05) is 42.5 Å². The molecule has 12 heteroatoms. The van der Waals surface area contributed by atoms with E-state index in [1.54, 1.807) is 44.4 Å². The SMILES string of the molecule is CN(Cc1ccccn1)C(=O)NCC(=O)N1c2ccc(Cl)cc2C(N)=C(OCc2ccccc2)C1(C)Cl.Cl.Cl. The smallest absolute Gasteiger partial charge is 0.317 e. The summed E-state index contributed by atoms with van der Waals surface area (Å²) in [7, 11) is 1.62. The van der Waals surface area contributed by atoms with Crippen molar-refractivity contribution in [2.45, 2.75) is 25.1 Å². The van der Waals surface area contributed by atoms with E-state index in [0.717, 1.165) is 11.3 Å². The fourth-order valence-corrected chi connectivity index (χ4v) is 4.61. The molecule has 208 valence electrons. The maximum atomic E-state index is 13.5. The molecule has 0 aliphatic carbocycles. The number of pyridine rings is 1. The number of ether oxygens (including phenoxy) is 1. The molecule has 3 N–H and O–H groups in total. The zero-order chi connectivity index (χ0) is 26.6. The Hall–Kier alpha value is -3.17. The summed E-state index contributed by atoms with van der Waals surface area (Å²) in [5.74, 6) is -0.228. The summed E-state index contributed by atoms with van der Waals surface area (Å²) in [6, 6.07) is 19.5. The Balaban J connectivity index is 0.00000267. The zero-order valence-corrected chi connectivity index (χ0v) is 24.4. The molecule has 0 saturated carbocycles. The van der Waals surface area contributed by atoms with Crippen molar-refractivity contribution in [2.75, 3.05) is 18.5 Å². The first-order chi connectivity index (χ1) is 17.7. The Morgan fingerprint density at radius 2 is 1.79 bits per heavy atom. The Morgan fingerprint density at radius 3 is 2.46 bits per heavy atom. The van der Waals surface area contributed by atoms with Gasteiger partial charge in [0.05, 0.1) is 30.2 Å². The van der Waals surface area contributed by atoms with E-state index in [-0.39, 0.29) is 56.0 Å². The van der Waals surface area contributed by atoms with Gasteiger partial charge in [0.15, 0.2) is 10.8 Å². The molecule has 0 radical (unpaired) electrons. The van der Waals surface area contributed by atoms with Gasteiger partial charge in [-0.25, -0.2) is 4.79 Å². The van der Waals surface area contributed by atoms with Gasteiger partial charge in [-0.05, 0) is 42.8 Å². The number of anilines is 1. The van der Waals surface area contributed by atoms with E-state index in [1.165, 1.54) is 9.80 Å². The lowest BCUT2D eigenvalue weighted by molar-refractivity contribution is -0.118. The molecule has 1 atom stereocenters. The number of carbonyl (C=O) groups is 2. The lowest BCUT2D eigenvalue weighted by Crippen LogP contribution is -2.54. The Kier molecular flexibility index (Phi) is 11.3. The monoisotopic (exact) mass is 611 g/mol. The van der Waals surface area contributed by atoms with E-state index in [9.17, 15) is 9.59 Å². The normalized spacial score (nSPS) is 15.8. The molecule has 1 aromatic heterocycles. The van der Waals surface area contributed by atoms with E-state index < -0.39 is 16.9 Å².